The molecule has 0 spiro atoms. The Hall–Kier alpha value is -1.85. The molecule has 0 atom stereocenters. The SMILES string of the molecule is Cc1cc(Sc2ncc(CO)n2C)c2ccccc2n1. The maximum Gasteiger partial charge on any atom is 0.172 e. The van der Waals surface area contributed by atoms with Crippen molar-refractivity contribution in [1.29, 1.82) is 0 Å². The Bertz CT molecular complexity index is 767. The fourth-order valence-electron chi connectivity index (χ4n) is 2.12. The number of aliphatic hydroxyl groups is 1. The second kappa shape index (κ2) is 5.26. The third-order valence-corrected chi connectivity index (χ3v) is 4.33. The lowest BCUT2D eigenvalue weighted by atomic mass is 10.2. The van der Waals surface area contributed by atoms with Gasteiger partial charge in [0.1, 0.15) is 0 Å². The topological polar surface area (TPSA) is 50.9 Å². The van der Waals surface area contributed by atoms with E-state index in [0.717, 1.165) is 32.3 Å². The highest BCUT2D eigenvalue weighted by atomic mass is 32.2. The summed E-state index contributed by atoms with van der Waals surface area (Å²) in [6.45, 7) is 1.99. The molecule has 1 aromatic carbocycles. The summed E-state index contributed by atoms with van der Waals surface area (Å²) < 4.78 is 1.91. The summed E-state index contributed by atoms with van der Waals surface area (Å²) in [6.07, 6.45) is 1.71. The van der Waals surface area contributed by atoms with Crippen LogP contribution >= 0.6 is 11.8 Å². The monoisotopic (exact) mass is 285 g/mol. The number of benzene rings is 1. The number of fused-ring (bicyclic) bond motifs is 1. The van der Waals surface area contributed by atoms with Crippen LogP contribution in [-0.2, 0) is 13.7 Å². The van der Waals surface area contributed by atoms with Gasteiger partial charge in [-0.3, -0.25) is 4.98 Å². The number of aliphatic hydroxyl groups excluding tert-OH is 1. The highest BCUT2D eigenvalue weighted by Gasteiger charge is 2.10. The van der Waals surface area contributed by atoms with Crippen molar-refractivity contribution in [2.45, 2.75) is 23.6 Å². The van der Waals surface area contributed by atoms with E-state index in [-0.39, 0.29) is 6.61 Å². The number of para-hydroxylation sites is 1. The Morgan fingerprint density at radius 1 is 1.30 bits per heavy atom. The van der Waals surface area contributed by atoms with E-state index in [2.05, 4.69) is 22.1 Å². The van der Waals surface area contributed by atoms with Crippen LogP contribution in [0.5, 0.6) is 0 Å². The molecule has 5 heteroatoms. The zero-order chi connectivity index (χ0) is 14.1. The van der Waals surface area contributed by atoms with Gasteiger partial charge in [0.25, 0.3) is 0 Å². The molecule has 0 amide bonds. The molecule has 20 heavy (non-hydrogen) atoms. The molecule has 0 aliphatic carbocycles. The van der Waals surface area contributed by atoms with Crippen molar-refractivity contribution in [3.63, 3.8) is 0 Å². The normalized spacial score (nSPS) is 11.2. The van der Waals surface area contributed by atoms with Crippen molar-refractivity contribution in [3.05, 3.63) is 47.9 Å². The number of hydrogen-bond donors (Lipinski definition) is 1. The zero-order valence-electron chi connectivity index (χ0n) is 11.4. The Balaban J connectivity index is 2.08. The largest absolute Gasteiger partial charge is 0.390 e. The first-order valence-electron chi connectivity index (χ1n) is 6.34. The molecule has 102 valence electrons. The van der Waals surface area contributed by atoms with Crippen LogP contribution in [0.3, 0.4) is 0 Å². The van der Waals surface area contributed by atoms with Gasteiger partial charge in [-0.05, 0) is 19.1 Å². The lowest BCUT2D eigenvalue weighted by molar-refractivity contribution is 0.271. The number of pyridine rings is 1. The van der Waals surface area contributed by atoms with Crippen LogP contribution in [0.25, 0.3) is 10.9 Å². The van der Waals surface area contributed by atoms with Crippen LogP contribution in [0.4, 0.5) is 0 Å². The lowest BCUT2D eigenvalue weighted by Crippen LogP contribution is -1.97. The number of aryl methyl sites for hydroxylation is 1. The van der Waals surface area contributed by atoms with Crippen LogP contribution in [0.15, 0.2) is 46.6 Å². The molecule has 2 heterocycles. The van der Waals surface area contributed by atoms with Crippen LogP contribution in [-0.4, -0.2) is 19.6 Å². The van der Waals surface area contributed by atoms with E-state index in [4.69, 9.17) is 0 Å². The molecule has 3 rings (SSSR count). The van der Waals surface area contributed by atoms with Crippen molar-refractivity contribution in [2.75, 3.05) is 0 Å². The quantitative estimate of drug-likeness (QED) is 0.804. The van der Waals surface area contributed by atoms with Crippen LogP contribution in [0, 0.1) is 6.92 Å². The average molecular weight is 285 g/mol. The van der Waals surface area contributed by atoms with Gasteiger partial charge in [-0.15, -0.1) is 0 Å². The van der Waals surface area contributed by atoms with Crippen molar-refractivity contribution in [1.82, 2.24) is 14.5 Å². The Morgan fingerprint density at radius 3 is 2.85 bits per heavy atom. The lowest BCUT2D eigenvalue weighted by Gasteiger charge is -2.08. The molecule has 3 aromatic rings. The molecule has 4 nitrogen and oxygen atoms in total. The van der Waals surface area contributed by atoms with E-state index in [0.29, 0.717) is 0 Å². The van der Waals surface area contributed by atoms with Crippen molar-refractivity contribution in [3.8, 4) is 0 Å². The summed E-state index contributed by atoms with van der Waals surface area (Å²) >= 11 is 1.59. The summed E-state index contributed by atoms with van der Waals surface area (Å²) in [5, 5.41) is 11.2. The zero-order valence-corrected chi connectivity index (χ0v) is 12.2. The van der Waals surface area contributed by atoms with Gasteiger partial charge in [-0.25, -0.2) is 4.98 Å². The van der Waals surface area contributed by atoms with Crippen molar-refractivity contribution in [2.24, 2.45) is 7.05 Å². The van der Waals surface area contributed by atoms with Gasteiger partial charge in [-0.1, -0.05) is 30.0 Å². The minimum Gasteiger partial charge on any atom is -0.390 e. The smallest absolute Gasteiger partial charge is 0.172 e. The molecule has 0 saturated heterocycles. The molecular weight excluding hydrogens is 270 g/mol. The van der Waals surface area contributed by atoms with Gasteiger partial charge in [0, 0.05) is 23.0 Å². The van der Waals surface area contributed by atoms with Gasteiger partial charge < -0.3 is 9.67 Å². The molecule has 0 bridgehead atoms. The Labute approximate surface area is 121 Å². The summed E-state index contributed by atoms with van der Waals surface area (Å²) in [7, 11) is 1.91. The number of nitrogens with zero attached hydrogens (tertiary/aromatic N) is 3. The molecule has 1 N–H and O–H groups in total. The fourth-order valence-corrected chi connectivity index (χ4v) is 3.19. The molecule has 2 aromatic heterocycles. The summed E-state index contributed by atoms with van der Waals surface area (Å²) in [4.78, 5) is 10.0. The molecule has 0 unspecified atom stereocenters. The third-order valence-electron chi connectivity index (χ3n) is 3.21. The van der Waals surface area contributed by atoms with E-state index in [1.165, 1.54) is 0 Å². The van der Waals surface area contributed by atoms with Gasteiger partial charge in [0.2, 0.25) is 0 Å². The maximum atomic E-state index is 9.23. The van der Waals surface area contributed by atoms with Gasteiger partial charge in [0.15, 0.2) is 5.16 Å². The van der Waals surface area contributed by atoms with Gasteiger partial charge in [-0.2, -0.15) is 0 Å². The van der Waals surface area contributed by atoms with E-state index in [1.54, 1.807) is 18.0 Å². The predicted octanol–water partition coefficient (Wildman–Crippen LogP) is 2.92. The molecular formula is C15H15N3OS. The number of rotatable bonds is 3. The molecule has 0 radical (unpaired) electrons. The summed E-state index contributed by atoms with van der Waals surface area (Å²) in [5.41, 5.74) is 2.79. The number of hydrogen-bond acceptors (Lipinski definition) is 4. The minimum absolute atomic E-state index is 0.000179. The van der Waals surface area contributed by atoms with E-state index >= 15 is 0 Å². The van der Waals surface area contributed by atoms with Crippen LogP contribution < -0.4 is 0 Å². The molecule has 0 saturated carbocycles. The first kappa shape index (κ1) is 13.1. The van der Waals surface area contributed by atoms with E-state index in [9.17, 15) is 5.11 Å². The summed E-state index contributed by atoms with van der Waals surface area (Å²) in [6, 6.07) is 10.2. The number of aromatic nitrogens is 3. The highest BCUT2D eigenvalue weighted by molar-refractivity contribution is 7.99. The minimum atomic E-state index is 0.000179. The van der Waals surface area contributed by atoms with Crippen molar-refractivity contribution < 1.29 is 5.11 Å². The van der Waals surface area contributed by atoms with Crippen molar-refractivity contribution >= 4 is 22.7 Å². The van der Waals surface area contributed by atoms with Gasteiger partial charge in [0.05, 0.1) is 24.0 Å². The third kappa shape index (κ3) is 2.30. The fraction of sp³-hybridized carbons (Fsp3) is 0.200. The average Bonchev–Trinajstić information content (AvgIpc) is 2.79. The standard InChI is InChI=1S/C15H15N3OS/c1-10-7-14(12-5-3-4-6-13(12)17-10)20-15-16-8-11(9-19)18(15)2/h3-8,19H,9H2,1-2H3. The first-order valence-corrected chi connectivity index (χ1v) is 7.16. The van der Waals surface area contributed by atoms with E-state index in [1.807, 2.05) is 36.7 Å². The predicted molar refractivity (Wildman–Crippen MR) is 79.7 cm³/mol. The molecule has 0 aliphatic rings. The first-order chi connectivity index (χ1) is 9.69. The second-order valence-electron chi connectivity index (χ2n) is 4.63. The molecule has 0 fully saturated rings. The van der Waals surface area contributed by atoms with Gasteiger partial charge >= 0.3 is 0 Å². The second-order valence-corrected chi connectivity index (χ2v) is 5.64. The Morgan fingerprint density at radius 2 is 2.10 bits per heavy atom. The molecule has 0 aliphatic heterocycles. The van der Waals surface area contributed by atoms with E-state index < -0.39 is 0 Å². The van der Waals surface area contributed by atoms with Crippen LogP contribution in [0.1, 0.15) is 11.4 Å². The highest BCUT2D eigenvalue weighted by Crippen LogP contribution is 2.32. The van der Waals surface area contributed by atoms with Crippen LogP contribution in [0.2, 0.25) is 0 Å². The maximum absolute atomic E-state index is 9.23. The number of imidazole rings is 1. The summed E-state index contributed by atoms with van der Waals surface area (Å²) in [5.74, 6) is 0. The Kier molecular flexibility index (Phi) is 3.46.